The molecule has 0 aliphatic heterocycles. The van der Waals surface area contributed by atoms with Crippen molar-refractivity contribution in [2.75, 3.05) is 6.54 Å². The molecule has 0 rings (SSSR count). The third-order valence-electron chi connectivity index (χ3n) is 0.287. The maximum atomic E-state index is 9.69. The SMILES string of the molecule is CC.CC.CC(=O)CN. The highest BCUT2D eigenvalue weighted by Gasteiger charge is 1.76. The predicted octanol–water partition coefficient (Wildman–Crippen LogP) is 1.59. The number of hydrogen-bond donors (Lipinski definition) is 1. The summed E-state index contributed by atoms with van der Waals surface area (Å²) in [6.07, 6.45) is 0. The number of hydrogen-bond acceptors (Lipinski definition) is 2. The summed E-state index contributed by atoms with van der Waals surface area (Å²) in [6.45, 7) is 9.62. The second-order valence-electron chi connectivity index (χ2n) is 0.906. The highest BCUT2D eigenvalue weighted by molar-refractivity contribution is 5.77. The Hall–Kier alpha value is -0.370. The number of carbonyl (C=O) groups is 1. The van der Waals surface area contributed by atoms with E-state index in [1.165, 1.54) is 6.92 Å². The Labute approximate surface area is 58.4 Å². The van der Waals surface area contributed by atoms with E-state index >= 15 is 0 Å². The molecule has 0 amide bonds. The zero-order valence-corrected chi connectivity index (χ0v) is 7.19. The van der Waals surface area contributed by atoms with Crippen molar-refractivity contribution in [1.29, 1.82) is 0 Å². The van der Waals surface area contributed by atoms with Crippen LogP contribution in [0.15, 0.2) is 0 Å². The van der Waals surface area contributed by atoms with E-state index in [4.69, 9.17) is 5.73 Å². The second-order valence-corrected chi connectivity index (χ2v) is 0.906. The van der Waals surface area contributed by atoms with Gasteiger partial charge in [-0.05, 0) is 6.92 Å². The van der Waals surface area contributed by atoms with Gasteiger partial charge in [-0.3, -0.25) is 4.79 Å². The van der Waals surface area contributed by atoms with E-state index in [-0.39, 0.29) is 12.3 Å². The number of carbonyl (C=O) groups excluding carboxylic acids is 1. The fraction of sp³-hybridized carbons (Fsp3) is 0.857. The molecule has 2 N–H and O–H groups in total. The zero-order valence-electron chi connectivity index (χ0n) is 7.19. The molecule has 0 aromatic heterocycles. The van der Waals surface area contributed by atoms with Crippen LogP contribution in [0.2, 0.25) is 0 Å². The van der Waals surface area contributed by atoms with Gasteiger partial charge in [0.2, 0.25) is 0 Å². The van der Waals surface area contributed by atoms with E-state index in [0.29, 0.717) is 0 Å². The standard InChI is InChI=1S/C3H7NO.2C2H6/c1-3(5)2-4;2*1-2/h2,4H2,1H3;2*1-2H3. The quantitative estimate of drug-likeness (QED) is 0.590. The molecule has 0 spiro atoms. The van der Waals surface area contributed by atoms with Crippen LogP contribution in [-0.4, -0.2) is 12.3 Å². The van der Waals surface area contributed by atoms with Crippen LogP contribution in [0, 0.1) is 0 Å². The first-order valence-corrected chi connectivity index (χ1v) is 3.47. The summed E-state index contributed by atoms with van der Waals surface area (Å²) in [5, 5.41) is 0. The number of Topliss-reactive ketones (excluding diaryl/α,β-unsaturated/α-hetero) is 1. The third kappa shape index (κ3) is 91.0. The van der Waals surface area contributed by atoms with Crippen LogP contribution in [0.3, 0.4) is 0 Å². The molecule has 9 heavy (non-hydrogen) atoms. The molecule has 2 nitrogen and oxygen atoms in total. The Bertz CT molecular complexity index is 44.2. The predicted molar refractivity (Wildman–Crippen MR) is 42.4 cm³/mol. The van der Waals surface area contributed by atoms with Gasteiger partial charge in [-0.25, -0.2) is 0 Å². The summed E-state index contributed by atoms with van der Waals surface area (Å²) >= 11 is 0. The van der Waals surface area contributed by atoms with Gasteiger partial charge in [0.25, 0.3) is 0 Å². The maximum Gasteiger partial charge on any atom is 0.143 e. The number of ketones is 1. The molecular weight excluding hydrogens is 114 g/mol. The topological polar surface area (TPSA) is 43.1 Å². The van der Waals surface area contributed by atoms with Crippen LogP contribution in [0.4, 0.5) is 0 Å². The molecular formula is C7H19NO. The lowest BCUT2D eigenvalue weighted by Crippen LogP contribution is -2.07. The van der Waals surface area contributed by atoms with E-state index in [1.54, 1.807) is 0 Å². The molecule has 0 aliphatic rings. The molecule has 0 heterocycles. The Morgan fingerprint density at radius 1 is 1.22 bits per heavy atom. The van der Waals surface area contributed by atoms with Crippen molar-refractivity contribution in [3.8, 4) is 0 Å². The fourth-order valence-corrected chi connectivity index (χ4v) is 0. The molecule has 0 atom stereocenters. The van der Waals surface area contributed by atoms with Gasteiger partial charge in [0.1, 0.15) is 5.78 Å². The monoisotopic (exact) mass is 133 g/mol. The molecule has 0 aromatic rings. The van der Waals surface area contributed by atoms with Crippen LogP contribution in [0.5, 0.6) is 0 Å². The first-order valence-electron chi connectivity index (χ1n) is 3.47. The summed E-state index contributed by atoms with van der Waals surface area (Å²) in [5.41, 5.74) is 4.82. The highest BCUT2D eigenvalue weighted by atomic mass is 16.1. The minimum absolute atomic E-state index is 0.0324. The van der Waals surface area contributed by atoms with Crippen molar-refractivity contribution in [2.45, 2.75) is 34.6 Å². The summed E-state index contributed by atoms with van der Waals surface area (Å²) in [4.78, 5) is 9.69. The molecule has 58 valence electrons. The average Bonchev–Trinajstić information content (AvgIpc) is 1.97. The van der Waals surface area contributed by atoms with E-state index in [2.05, 4.69) is 0 Å². The summed E-state index contributed by atoms with van der Waals surface area (Å²) in [7, 11) is 0. The van der Waals surface area contributed by atoms with E-state index in [1.807, 2.05) is 27.7 Å². The minimum atomic E-state index is 0.0324. The van der Waals surface area contributed by atoms with Gasteiger partial charge in [-0.1, -0.05) is 27.7 Å². The molecule has 0 radical (unpaired) electrons. The van der Waals surface area contributed by atoms with Gasteiger partial charge >= 0.3 is 0 Å². The lowest BCUT2D eigenvalue weighted by atomic mass is 10.5. The fourth-order valence-electron chi connectivity index (χ4n) is 0. The van der Waals surface area contributed by atoms with Gasteiger partial charge < -0.3 is 5.73 Å². The first kappa shape index (κ1) is 15.9. The van der Waals surface area contributed by atoms with Crippen molar-refractivity contribution >= 4 is 5.78 Å². The summed E-state index contributed by atoms with van der Waals surface area (Å²) in [6, 6.07) is 0. The lowest BCUT2D eigenvalue weighted by molar-refractivity contribution is -0.115. The molecule has 0 unspecified atom stereocenters. The van der Waals surface area contributed by atoms with Crippen LogP contribution in [0.25, 0.3) is 0 Å². The summed E-state index contributed by atoms with van der Waals surface area (Å²) in [5.74, 6) is 0.0324. The lowest BCUT2D eigenvalue weighted by Gasteiger charge is -1.73. The van der Waals surface area contributed by atoms with Gasteiger partial charge in [0.05, 0.1) is 6.54 Å². The van der Waals surface area contributed by atoms with Crippen molar-refractivity contribution in [3.05, 3.63) is 0 Å². The normalized spacial score (nSPS) is 5.56. The van der Waals surface area contributed by atoms with Gasteiger partial charge in [-0.15, -0.1) is 0 Å². The first-order chi connectivity index (χ1) is 4.27. The number of rotatable bonds is 1. The molecule has 0 aliphatic carbocycles. The highest BCUT2D eigenvalue weighted by Crippen LogP contribution is 1.51. The smallest absolute Gasteiger partial charge is 0.143 e. The van der Waals surface area contributed by atoms with Crippen molar-refractivity contribution in [3.63, 3.8) is 0 Å². The molecule has 0 saturated carbocycles. The van der Waals surface area contributed by atoms with Crippen molar-refractivity contribution in [2.24, 2.45) is 5.73 Å². The van der Waals surface area contributed by atoms with Gasteiger partial charge in [-0.2, -0.15) is 0 Å². The van der Waals surface area contributed by atoms with E-state index in [9.17, 15) is 4.79 Å². The summed E-state index contributed by atoms with van der Waals surface area (Å²) < 4.78 is 0. The zero-order chi connectivity index (χ0) is 8.28. The Balaban J connectivity index is -0.0000000771. The Morgan fingerprint density at radius 3 is 1.33 bits per heavy atom. The van der Waals surface area contributed by atoms with E-state index < -0.39 is 0 Å². The average molecular weight is 133 g/mol. The van der Waals surface area contributed by atoms with Gasteiger partial charge in [0.15, 0.2) is 0 Å². The van der Waals surface area contributed by atoms with Crippen molar-refractivity contribution in [1.82, 2.24) is 0 Å². The Kier molecular flexibility index (Phi) is 44.8. The van der Waals surface area contributed by atoms with Gasteiger partial charge in [0, 0.05) is 0 Å². The van der Waals surface area contributed by atoms with Crippen LogP contribution in [-0.2, 0) is 4.79 Å². The molecule has 0 bridgehead atoms. The van der Waals surface area contributed by atoms with Crippen LogP contribution >= 0.6 is 0 Å². The molecule has 0 aromatic carbocycles. The largest absolute Gasteiger partial charge is 0.324 e. The Morgan fingerprint density at radius 2 is 1.33 bits per heavy atom. The van der Waals surface area contributed by atoms with Crippen LogP contribution in [0.1, 0.15) is 34.6 Å². The second kappa shape index (κ2) is 25.5. The van der Waals surface area contributed by atoms with E-state index in [0.717, 1.165) is 0 Å². The molecule has 0 saturated heterocycles. The third-order valence-corrected chi connectivity index (χ3v) is 0.287. The number of nitrogens with two attached hydrogens (primary N) is 1. The van der Waals surface area contributed by atoms with Crippen molar-refractivity contribution < 1.29 is 4.79 Å². The maximum absolute atomic E-state index is 9.69. The molecule has 0 fully saturated rings. The minimum Gasteiger partial charge on any atom is -0.324 e. The molecule has 2 heteroatoms. The van der Waals surface area contributed by atoms with Crippen LogP contribution < -0.4 is 5.73 Å².